The monoisotopic (exact) mass is 2020 g/mol. The number of hydrogen-bond acceptors (Lipinski definition) is 39. The number of aliphatic hydroxyl groups is 4. The molecule has 54 heteroatoms. The molecule has 12 aromatic heterocycles. The predicted octanol–water partition coefficient (Wildman–Crippen LogP) is 5.64. The summed E-state index contributed by atoms with van der Waals surface area (Å²) in [5.41, 5.74) is 29.6. The van der Waals surface area contributed by atoms with Crippen LogP contribution in [0.2, 0.25) is 0 Å². The van der Waals surface area contributed by atoms with Crippen LogP contribution in [-0.4, -0.2) is 290 Å². The Balaban J connectivity index is 0.000000130. The van der Waals surface area contributed by atoms with E-state index >= 15 is 0 Å². The number of nitrogen functional groups attached to an aromatic ring is 4. The molecular weight excluding hydrogens is 1920 g/mol. The van der Waals surface area contributed by atoms with Crippen LogP contribution in [0.5, 0.6) is 23.0 Å². The summed E-state index contributed by atoms with van der Waals surface area (Å²) in [5, 5.41) is 74.3. The summed E-state index contributed by atoms with van der Waals surface area (Å²) in [7, 11) is -5.34. The molecule has 4 saturated heterocycles. The van der Waals surface area contributed by atoms with Gasteiger partial charge in [-0.25, -0.2) is 82.7 Å². The molecule has 12 N–H and O–H groups in total. The van der Waals surface area contributed by atoms with E-state index in [1.54, 1.807) is 98.9 Å². The lowest BCUT2D eigenvalue weighted by Crippen LogP contribution is -2.43. The Bertz CT molecular complexity index is 7510. The Labute approximate surface area is 808 Å². The number of morpholine rings is 1. The zero-order valence-corrected chi connectivity index (χ0v) is 82.8. The summed E-state index contributed by atoms with van der Waals surface area (Å²) in [6, 6.07) is 10.7. The molecule has 0 bridgehead atoms. The van der Waals surface area contributed by atoms with Gasteiger partial charge in [0.25, 0.3) is 0 Å². The van der Waals surface area contributed by atoms with E-state index in [0.717, 1.165) is 34.1 Å². The number of halogens is 4. The molecule has 0 spiro atoms. The van der Waals surface area contributed by atoms with Crippen LogP contribution < -0.4 is 61.5 Å². The molecule has 4 atom stereocenters. The largest absolute Gasteiger partial charge is 0.494 e. The van der Waals surface area contributed by atoms with Gasteiger partial charge in [-0.3, -0.25) is 18.7 Å². The van der Waals surface area contributed by atoms with E-state index < -0.39 is 97.0 Å². The number of anilines is 8. The lowest BCUT2D eigenvalue weighted by Gasteiger charge is -2.33. The third-order valence-electron chi connectivity index (χ3n) is 24.5. The van der Waals surface area contributed by atoms with E-state index in [1.807, 2.05) is 42.4 Å². The van der Waals surface area contributed by atoms with E-state index in [9.17, 15) is 63.2 Å². The van der Waals surface area contributed by atoms with Crippen molar-refractivity contribution in [3.8, 4) is 23.0 Å². The van der Waals surface area contributed by atoms with Gasteiger partial charge in [0.15, 0.2) is 122 Å². The summed E-state index contributed by atoms with van der Waals surface area (Å²) in [4.78, 5) is 43.1. The number of benzene rings is 4. The van der Waals surface area contributed by atoms with Crippen molar-refractivity contribution in [3.05, 3.63) is 143 Å². The molecule has 47 nitrogen and oxygen atoms in total. The fraction of sp³-hybridized carbons (Fsp3) is 0.455. The molecule has 142 heavy (non-hydrogen) atoms. The number of sulfone groups is 3. The summed E-state index contributed by atoms with van der Waals surface area (Å²) in [6.07, 6.45) is 6.63. The van der Waals surface area contributed by atoms with E-state index in [-0.39, 0.29) is 151 Å². The molecule has 0 aliphatic carbocycles. The third kappa shape index (κ3) is 19.9. The summed E-state index contributed by atoms with van der Waals surface area (Å²) in [6.45, 7) is 25.2. The summed E-state index contributed by atoms with van der Waals surface area (Å²) in [5.74, 6) is -1.91. The number of rotatable bonds is 20. The van der Waals surface area contributed by atoms with E-state index in [0.29, 0.717) is 99.3 Å². The van der Waals surface area contributed by atoms with Gasteiger partial charge in [-0.05, 0) is 107 Å². The molecule has 0 amide bonds. The standard InChI is InChI=1S/3C22H27FN8O4S.C22H27FN8O3/c2*1-12-16(9-30(27-12)11-22(2,3)32)29-5-6-36(33,34)18(10-29)19-26-20-13-7-14(23)17(35-4)8-15(13)25-21(24)31(20)28-19;1-12-16(9-25-30(12)11-22(2,3)32)29-5-6-36(33,34)18(10-29)19-27-20-13-7-14(23)17(35-4)8-15(13)26-21(24)31(20)28-19;1-12-16(9-25-30(12)11-22(2,3)32)29-5-6-34-18(10-29)19-27-20-13-7-14(23)17(33-4)8-15(13)26-21(24)31(20)28-19/h2*7-9,18,32H,5-6,10-11H2,1-4H3,(H2,24,25);7-9,18,32H,5-6,10-11H2,1-4H3,(H2,24,26);7-9,18,32H,5-6,10-11H2,1-4H3,(H2,24,26)/t4*18-/m0011/s1. The van der Waals surface area contributed by atoms with Gasteiger partial charge >= 0.3 is 0 Å². The average molecular weight is 2030 g/mol. The zero-order valence-electron chi connectivity index (χ0n) is 80.4. The van der Waals surface area contributed by atoms with Gasteiger partial charge in [0, 0.05) is 104 Å². The highest BCUT2D eigenvalue weighted by atomic mass is 32.2. The zero-order chi connectivity index (χ0) is 102. The second kappa shape index (κ2) is 37.1. The molecule has 4 aromatic carbocycles. The molecule has 4 fully saturated rings. The van der Waals surface area contributed by atoms with Gasteiger partial charge in [0.2, 0.25) is 23.8 Å². The molecule has 0 radical (unpaired) electrons. The van der Waals surface area contributed by atoms with Gasteiger partial charge in [-0.15, -0.1) is 20.4 Å². The van der Waals surface area contributed by atoms with Crippen LogP contribution in [-0.2, 0) is 60.4 Å². The Hall–Kier alpha value is -14.1. The van der Waals surface area contributed by atoms with Gasteiger partial charge in [-0.2, -0.15) is 38.5 Å². The molecule has 4 aliphatic heterocycles. The molecule has 0 saturated carbocycles. The van der Waals surface area contributed by atoms with Crippen molar-refractivity contribution in [2.24, 2.45) is 0 Å². The third-order valence-corrected chi connectivity index (χ3v) is 30.4. The number of methoxy groups -OCH3 is 4. The van der Waals surface area contributed by atoms with E-state index in [4.69, 9.17) is 46.6 Å². The van der Waals surface area contributed by atoms with Gasteiger partial charge in [0.1, 0.15) is 21.9 Å². The Morgan fingerprint density at radius 2 is 0.655 bits per heavy atom. The van der Waals surface area contributed by atoms with E-state index in [2.05, 4.69) is 85.6 Å². The molecular formula is C88H108F4N32O15S3. The molecule has 4 aliphatic rings. The lowest BCUT2D eigenvalue weighted by molar-refractivity contribution is 0.0341. The molecule has 0 unspecified atom stereocenters. The molecule has 16 heterocycles. The van der Waals surface area contributed by atoms with Crippen molar-refractivity contribution >= 4 is 142 Å². The Morgan fingerprint density at radius 3 is 0.944 bits per heavy atom. The molecule has 16 aromatic rings. The number of ether oxygens (including phenoxy) is 5. The highest BCUT2D eigenvalue weighted by Crippen LogP contribution is 2.41. The second-order valence-electron chi connectivity index (χ2n) is 37.8. The van der Waals surface area contributed by atoms with Crippen molar-refractivity contribution in [2.75, 3.05) is 147 Å². The van der Waals surface area contributed by atoms with Crippen molar-refractivity contribution in [1.82, 2.24) is 117 Å². The Morgan fingerprint density at radius 1 is 0.380 bits per heavy atom. The molecule has 20 rings (SSSR count). The van der Waals surface area contributed by atoms with Crippen LogP contribution in [0.3, 0.4) is 0 Å². The maximum absolute atomic E-state index is 14.4. The highest BCUT2D eigenvalue weighted by molar-refractivity contribution is 7.92. The van der Waals surface area contributed by atoms with Crippen molar-refractivity contribution < 1.29 is 86.9 Å². The molecule has 756 valence electrons. The van der Waals surface area contributed by atoms with Crippen molar-refractivity contribution in [3.63, 3.8) is 0 Å². The fourth-order valence-corrected chi connectivity index (χ4v) is 22.4. The number of aryl methyl sites for hydroxylation is 2. The smallest absolute Gasteiger partial charge is 0.223 e. The lowest BCUT2D eigenvalue weighted by atomic mass is 10.1. The maximum atomic E-state index is 14.4. The summed E-state index contributed by atoms with van der Waals surface area (Å²) < 4.78 is 174. The van der Waals surface area contributed by atoms with E-state index in [1.165, 1.54) is 95.0 Å². The number of aromatic nitrogens is 24. The topological polar surface area (TPSA) is 590 Å². The van der Waals surface area contributed by atoms with Crippen LogP contribution in [0.4, 0.5) is 64.1 Å². The second-order valence-corrected chi connectivity index (χ2v) is 44.7. The minimum Gasteiger partial charge on any atom is -0.494 e. The first-order valence-electron chi connectivity index (χ1n) is 44.8. The fourth-order valence-electron chi connectivity index (χ4n) is 17.7. The number of fused-ring (bicyclic) bond motifs is 12. The minimum atomic E-state index is -3.59. The SMILES string of the molecule is COc1cc2nc(N)n3nc([C@@H]4CN(c5cn(CC(C)(C)O)nc5C)CCS4(=O)=O)nc3c2cc1F.COc1cc2nc(N)n3nc([C@@H]4CN(c5cn(CC(C)(C)O)nc5C)CCS4(=O)=O)nc3c2cc1F.COc1cc2nc(N)n3nc([C@H]4CN(c5cnn(CC(C)(C)O)c5C)CCO4)nc3c2cc1F.COc1cc2nc(N)n3nc([C@H]4CN(c5cnn(CC(C)(C)O)c5C)CCS4(=O)=O)nc3c2cc1F. The Kier molecular flexibility index (Phi) is 26.0. The predicted molar refractivity (Wildman–Crippen MR) is 517 cm³/mol. The van der Waals surface area contributed by atoms with Crippen LogP contribution >= 0.6 is 0 Å². The van der Waals surface area contributed by atoms with Crippen molar-refractivity contribution in [1.29, 1.82) is 0 Å². The highest BCUT2D eigenvalue weighted by Gasteiger charge is 2.43. The number of nitrogens with zero attached hydrogens (tertiary/aromatic N) is 28. The number of nitrogens with two attached hydrogens (primary N) is 4. The van der Waals surface area contributed by atoms with Crippen LogP contribution in [0, 0.1) is 51.0 Å². The van der Waals surface area contributed by atoms with Gasteiger partial charge < -0.3 is 86.6 Å². The van der Waals surface area contributed by atoms with Crippen LogP contribution in [0.1, 0.15) is 123 Å². The van der Waals surface area contributed by atoms with Crippen molar-refractivity contribution in [2.45, 2.75) is 154 Å². The quantitative estimate of drug-likeness (QED) is 0.0428. The van der Waals surface area contributed by atoms with Gasteiger partial charge in [-0.1, -0.05) is 0 Å². The minimum absolute atomic E-state index is 0.00416. The maximum Gasteiger partial charge on any atom is 0.223 e. The summed E-state index contributed by atoms with van der Waals surface area (Å²) >= 11 is 0. The van der Waals surface area contributed by atoms with Crippen LogP contribution in [0.15, 0.2) is 73.3 Å². The number of hydrogen-bond donors (Lipinski definition) is 8. The average Bonchev–Trinajstić information content (AvgIpc) is 1.60. The normalized spacial score (nSPS) is 18.0. The first-order valence-corrected chi connectivity index (χ1v) is 50.0. The van der Waals surface area contributed by atoms with Crippen LogP contribution in [0.25, 0.3) is 66.2 Å². The first kappa shape index (κ1) is 99.5. The first-order chi connectivity index (χ1) is 66.7. The van der Waals surface area contributed by atoms with Gasteiger partial charge in [0.05, 0.1) is 187 Å².